The molecule has 1 aliphatic rings. The Labute approximate surface area is 67.5 Å². The Hall–Kier alpha value is -0.570. The van der Waals surface area contributed by atoms with Gasteiger partial charge in [0, 0.05) is 12.5 Å². The summed E-state index contributed by atoms with van der Waals surface area (Å²) in [6.07, 6.45) is 0. The van der Waals surface area contributed by atoms with Crippen molar-refractivity contribution in [2.24, 2.45) is 16.8 Å². The molecule has 0 aromatic rings. The zero-order valence-electron chi connectivity index (χ0n) is 7.17. The number of nitrogens with zero attached hydrogens (tertiary/aromatic N) is 1. The maximum absolute atomic E-state index is 9.04. The Balaban J connectivity index is 2.53. The summed E-state index contributed by atoms with van der Waals surface area (Å²) < 4.78 is 0. The van der Waals surface area contributed by atoms with Crippen LogP contribution in [0.15, 0.2) is 4.99 Å². The van der Waals surface area contributed by atoms with Gasteiger partial charge in [-0.3, -0.25) is 4.99 Å². The fourth-order valence-electron chi connectivity index (χ4n) is 1.28. The van der Waals surface area contributed by atoms with Crippen molar-refractivity contribution in [1.82, 2.24) is 5.32 Å². The maximum atomic E-state index is 9.04. The normalized spacial score (nSPS) is 19.8. The molecule has 0 bridgehead atoms. The first kappa shape index (κ1) is 8.53. The van der Waals surface area contributed by atoms with Gasteiger partial charge in [0.25, 0.3) is 0 Å². The molecule has 1 aliphatic heterocycles. The van der Waals surface area contributed by atoms with Crippen LogP contribution in [0.25, 0.3) is 0 Å². The molecule has 1 unspecified atom stereocenters. The molecule has 3 heteroatoms. The van der Waals surface area contributed by atoms with Crippen LogP contribution in [-0.4, -0.2) is 30.6 Å². The monoisotopic (exact) mass is 156 g/mol. The predicted octanol–water partition coefficient (Wildman–Crippen LogP) is 0.253. The maximum Gasteiger partial charge on any atom is 0.102 e. The molecule has 1 atom stereocenters. The summed E-state index contributed by atoms with van der Waals surface area (Å²) in [4.78, 5) is 4.27. The Bertz CT molecular complexity index is 154. The molecule has 3 nitrogen and oxygen atoms in total. The highest BCUT2D eigenvalue weighted by atomic mass is 16.3. The summed E-state index contributed by atoms with van der Waals surface area (Å²) in [5, 5.41) is 12.2. The van der Waals surface area contributed by atoms with Crippen molar-refractivity contribution in [1.29, 1.82) is 0 Å². The number of aliphatic imine (C=N–C) groups is 1. The van der Waals surface area contributed by atoms with E-state index in [2.05, 4.69) is 24.2 Å². The van der Waals surface area contributed by atoms with Crippen molar-refractivity contribution in [2.75, 3.05) is 19.7 Å². The van der Waals surface area contributed by atoms with Crippen LogP contribution in [0.5, 0.6) is 0 Å². The van der Waals surface area contributed by atoms with Crippen LogP contribution < -0.4 is 5.32 Å². The first-order valence-electron chi connectivity index (χ1n) is 4.14. The lowest BCUT2D eigenvalue weighted by atomic mass is 9.96. The van der Waals surface area contributed by atoms with E-state index in [1.165, 1.54) is 0 Å². The molecule has 0 spiro atoms. The van der Waals surface area contributed by atoms with Crippen molar-refractivity contribution in [3.05, 3.63) is 0 Å². The molecule has 1 heterocycles. The highest BCUT2D eigenvalue weighted by Crippen LogP contribution is 2.12. The van der Waals surface area contributed by atoms with Gasteiger partial charge in [0.15, 0.2) is 0 Å². The second kappa shape index (κ2) is 3.72. The van der Waals surface area contributed by atoms with Gasteiger partial charge in [-0.05, 0) is 5.92 Å². The number of aliphatic hydroxyl groups is 1. The smallest absolute Gasteiger partial charge is 0.102 e. The third kappa shape index (κ3) is 1.93. The van der Waals surface area contributed by atoms with E-state index < -0.39 is 0 Å². The molecule has 0 saturated carbocycles. The predicted molar refractivity (Wildman–Crippen MR) is 45.7 cm³/mol. The number of aliphatic hydroxyl groups excluding tert-OH is 1. The molecule has 2 N–H and O–H groups in total. The van der Waals surface area contributed by atoms with E-state index in [4.69, 9.17) is 5.11 Å². The SMILES string of the molecule is CC(C)C(CO)C1=NCCN1. The third-order valence-electron chi connectivity index (χ3n) is 2.05. The van der Waals surface area contributed by atoms with Crippen LogP contribution in [-0.2, 0) is 0 Å². The van der Waals surface area contributed by atoms with Gasteiger partial charge >= 0.3 is 0 Å². The zero-order chi connectivity index (χ0) is 8.27. The Morgan fingerprint density at radius 1 is 1.64 bits per heavy atom. The van der Waals surface area contributed by atoms with E-state index in [-0.39, 0.29) is 12.5 Å². The lowest BCUT2D eigenvalue weighted by Gasteiger charge is -2.18. The molecule has 64 valence electrons. The summed E-state index contributed by atoms with van der Waals surface area (Å²) in [6.45, 7) is 6.19. The fraction of sp³-hybridized carbons (Fsp3) is 0.875. The topological polar surface area (TPSA) is 44.6 Å². The molecule has 11 heavy (non-hydrogen) atoms. The molecule has 0 aliphatic carbocycles. The minimum atomic E-state index is 0.198. The van der Waals surface area contributed by atoms with Gasteiger partial charge in [-0.25, -0.2) is 0 Å². The average molecular weight is 156 g/mol. The number of amidine groups is 1. The highest BCUT2D eigenvalue weighted by Gasteiger charge is 2.20. The van der Waals surface area contributed by atoms with Crippen LogP contribution >= 0.6 is 0 Å². The highest BCUT2D eigenvalue weighted by molar-refractivity contribution is 5.86. The molecule has 0 radical (unpaired) electrons. The molecule has 0 amide bonds. The van der Waals surface area contributed by atoms with Gasteiger partial charge in [-0.15, -0.1) is 0 Å². The van der Waals surface area contributed by atoms with Gasteiger partial charge < -0.3 is 10.4 Å². The van der Waals surface area contributed by atoms with Crippen LogP contribution in [0.4, 0.5) is 0 Å². The van der Waals surface area contributed by atoms with Gasteiger partial charge in [-0.1, -0.05) is 13.8 Å². The number of hydrogen-bond donors (Lipinski definition) is 2. The van der Waals surface area contributed by atoms with E-state index in [0.717, 1.165) is 18.9 Å². The van der Waals surface area contributed by atoms with Crippen molar-refractivity contribution >= 4 is 5.84 Å². The Morgan fingerprint density at radius 3 is 2.73 bits per heavy atom. The lowest BCUT2D eigenvalue weighted by Crippen LogP contribution is -2.32. The molecule has 0 saturated heterocycles. The van der Waals surface area contributed by atoms with Crippen molar-refractivity contribution in [2.45, 2.75) is 13.8 Å². The molecular weight excluding hydrogens is 140 g/mol. The van der Waals surface area contributed by atoms with Gasteiger partial charge in [0.1, 0.15) is 5.84 Å². The summed E-state index contributed by atoms with van der Waals surface area (Å²) >= 11 is 0. The Morgan fingerprint density at radius 2 is 2.36 bits per heavy atom. The van der Waals surface area contributed by atoms with E-state index in [1.54, 1.807) is 0 Å². The average Bonchev–Trinajstić information content (AvgIpc) is 2.40. The van der Waals surface area contributed by atoms with Crippen LogP contribution in [0.2, 0.25) is 0 Å². The van der Waals surface area contributed by atoms with Crippen molar-refractivity contribution < 1.29 is 5.11 Å². The first-order valence-corrected chi connectivity index (χ1v) is 4.14. The molecule has 0 aromatic heterocycles. The summed E-state index contributed by atoms with van der Waals surface area (Å²) in [5.74, 6) is 1.66. The minimum Gasteiger partial charge on any atom is -0.396 e. The molecule has 1 rings (SSSR count). The quantitative estimate of drug-likeness (QED) is 0.615. The third-order valence-corrected chi connectivity index (χ3v) is 2.05. The largest absolute Gasteiger partial charge is 0.396 e. The second-order valence-corrected chi connectivity index (χ2v) is 3.23. The van der Waals surface area contributed by atoms with Crippen molar-refractivity contribution in [3.8, 4) is 0 Å². The second-order valence-electron chi connectivity index (χ2n) is 3.23. The molecule has 0 aromatic carbocycles. The summed E-state index contributed by atoms with van der Waals surface area (Å²) in [6, 6.07) is 0. The van der Waals surface area contributed by atoms with E-state index in [0.29, 0.717) is 5.92 Å². The van der Waals surface area contributed by atoms with Gasteiger partial charge in [-0.2, -0.15) is 0 Å². The fourth-order valence-corrected chi connectivity index (χ4v) is 1.28. The van der Waals surface area contributed by atoms with Gasteiger partial charge in [0.2, 0.25) is 0 Å². The summed E-state index contributed by atoms with van der Waals surface area (Å²) in [5.41, 5.74) is 0. The zero-order valence-corrected chi connectivity index (χ0v) is 7.17. The van der Waals surface area contributed by atoms with E-state index in [1.807, 2.05) is 0 Å². The van der Waals surface area contributed by atoms with E-state index in [9.17, 15) is 0 Å². The standard InChI is InChI=1S/C8H16N2O/c1-6(2)7(5-11)8-9-3-4-10-8/h6-7,11H,3-5H2,1-2H3,(H,9,10). The molecular formula is C8H16N2O. The minimum absolute atomic E-state index is 0.198. The number of rotatable bonds is 3. The lowest BCUT2D eigenvalue weighted by molar-refractivity contribution is 0.231. The van der Waals surface area contributed by atoms with Crippen LogP contribution in [0.3, 0.4) is 0 Å². The first-order chi connectivity index (χ1) is 5.25. The number of nitrogens with one attached hydrogen (secondary N) is 1. The molecule has 0 fully saturated rings. The van der Waals surface area contributed by atoms with Crippen LogP contribution in [0.1, 0.15) is 13.8 Å². The van der Waals surface area contributed by atoms with E-state index >= 15 is 0 Å². The summed E-state index contributed by atoms with van der Waals surface area (Å²) in [7, 11) is 0. The Kier molecular flexibility index (Phi) is 2.88. The van der Waals surface area contributed by atoms with Crippen LogP contribution in [0, 0.1) is 11.8 Å². The van der Waals surface area contributed by atoms with Crippen molar-refractivity contribution in [3.63, 3.8) is 0 Å². The number of hydrogen-bond acceptors (Lipinski definition) is 3. The van der Waals surface area contributed by atoms with Gasteiger partial charge in [0.05, 0.1) is 13.2 Å².